The first-order valence-corrected chi connectivity index (χ1v) is 32.6. The molecule has 34 heteroatoms. The van der Waals surface area contributed by atoms with E-state index in [0.29, 0.717) is 20.7 Å². The minimum Gasteiger partial charge on any atom is -0.618 e. The van der Waals surface area contributed by atoms with E-state index in [1.54, 1.807) is 42.6 Å². The van der Waals surface area contributed by atoms with Crippen LogP contribution in [0.25, 0.3) is 43.4 Å². The van der Waals surface area contributed by atoms with Crippen LogP contribution in [-0.2, 0) is 30.4 Å². The molecule has 1 aliphatic heterocycles. The van der Waals surface area contributed by atoms with Gasteiger partial charge in [-0.2, -0.15) is 4.73 Å². The summed E-state index contributed by atoms with van der Waals surface area (Å²) in [6, 6.07) is 11.8. The molecule has 0 spiro atoms. The number of nitrogens with two attached hydrogens (primary N) is 1. The lowest BCUT2D eigenvalue weighted by Gasteiger charge is -2.25. The van der Waals surface area contributed by atoms with Crippen molar-refractivity contribution >= 4 is 121 Å². The number of phenols is 1. The molecule has 6 unspecified atom stereocenters. The number of aryl methyl sites for hydroxylation is 1. The third-order valence-corrected chi connectivity index (χ3v) is 19.6. The van der Waals surface area contributed by atoms with Crippen molar-refractivity contribution in [2.24, 2.45) is 11.7 Å². The van der Waals surface area contributed by atoms with Crippen LogP contribution in [0.2, 0.25) is 0 Å². The van der Waals surface area contributed by atoms with Gasteiger partial charge in [-0.1, -0.05) is 62.5 Å². The number of rotatable bonds is 15. The van der Waals surface area contributed by atoms with Gasteiger partial charge < -0.3 is 63.3 Å². The minimum absolute atomic E-state index is 0.00587. The molecule has 12 N–H and O–H groups in total. The molecule has 9 aromatic rings. The number of nitrogens with one attached hydrogen (secondary N) is 6. The van der Waals surface area contributed by atoms with Crippen molar-refractivity contribution in [3.63, 3.8) is 0 Å². The molecule has 7 aromatic heterocycles. The Morgan fingerprint density at radius 1 is 0.688 bits per heavy atom. The van der Waals surface area contributed by atoms with E-state index in [1.165, 1.54) is 64.8 Å². The standard InChI is InChI=1S/C59H50N14O14S6/c1-24(40(76)18-74)42-57-69-38(23-92-57)54-65-34(19-89-54)45-31(14-15-39(73(45)87)56-67-35(21-90-56)49(81)61-25(2)47(79)62-26(3)59(85)86)53-66-36(20-88-53)51(83)64-33(17-41(60)77)55-72-43(27(4)93-55)52(84)71-44(46(78)29-8-6-5-7-9-29)58-68-37(22-91-58)50(82)63-32(48(80)70-42)16-28-10-12-30(75)13-11-28/h5-15,19-24,32-33,42,44,46,74-75,78H,2-3,16-18H2,1,4H3,(H2,60,77)(H,61,81)(H,62,79)(H,63,82)(H,64,83)(H,70,80)(H,71,84)(H,85,86). The fraction of sp³-hybridized carbons (Fsp3) is 0.186. The zero-order chi connectivity index (χ0) is 66.5. The fourth-order valence-electron chi connectivity index (χ4n) is 9.23. The molecule has 8 heterocycles. The third kappa shape index (κ3) is 14.8. The van der Waals surface area contributed by atoms with Gasteiger partial charge in [0.05, 0.1) is 29.8 Å². The average molecular weight is 1370 g/mol. The highest BCUT2D eigenvalue weighted by Gasteiger charge is 2.36. The van der Waals surface area contributed by atoms with Crippen LogP contribution in [0, 0.1) is 18.0 Å². The highest BCUT2D eigenvalue weighted by molar-refractivity contribution is 7.15. The van der Waals surface area contributed by atoms with Crippen LogP contribution in [0.5, 0.6) is 5.75 Å². The summed E-state index contributed by atoms with van der Waals surface area (Å²) >= 11 is 5.77. The number of thiazole rings is 6. The van der Waals surface area contributed by atoms with Gasteiger partial charge >= 0.3 is 5.97 Å². The van der Waals surface area contributed by atoms with E-state index in [2.05, 4.69) is 59.7 Å². The van der Waals surface area contributed by atoms with Crippen LogP contribution in [0.15, 0.2) is 118 Å². The van der Waals surface area contributed by atoms with Gasteiger partial charge in [-0.25, -0.2) is 34.7 Å². The topological polar surface area (TPSA) is 437 Å². The number of hydrogen-bond donors (Lipinski definition) is 11. The van der Waals surface area contributed by atoms with Crippen LogP contribution in [0.4, 0.5) is 0 Å². The Labute approximate surface area is 549 Å². The maximum atomic E-state index is 15.0. The second kappa shape index (κ2) is 28.1. The zero-order valence-corrected chi connectivity index (χ0v) is 53.2. The van der Waals surface area contributed by atoms with Gasteiger partial charge in [0.15, 0.2) is 10.8 Å². The van der Waals surface area contributed by atoms with Crippen molar-refractivity contribution in [1.82, 2.24) is 61.8 Å². The van der Waals surface area contributed by atoms with Gasteiger partial charge in [0.2, 0.25) is 11.8 Å². The summed E-state index contributed by atoms with van der Waals surface area (Å²) in [4.78, 5) is 149. The number of fused-ring (bicyclic) bond motifs is 14. The maximum absolute atomic E-state index is 15.0. The van der Waals surface area contributed by atoms with Gasteiger partial charge in [-0.3, -0.25) is 38.4 Å². The molecule has 7 amide bonds. The number of phenolic OH excluding ortho intramolecular Hbond substituents is 1. The number of aliphatic carboxylic acids is 1. The van der Waals surface area contributed by atoms with E-state index in [1.807, 2.05) is 5.32 Å². The smallest absolute Gasteiger partial charge is 0.351 e. The Morgan fingerprint density at radius 2 is 1.31 bits per heavy atom. The monoisotopic (exact) mass is 1370 g/mol. The zero-order valence-electron chi connectivity index (χ0n) is 48.3. The number of aliphatic hydroxyl groups excluding tert-OH is 2. The molecule has 1 aliphatic rings. The summed E-state index contributed by atoms with van der Waals surface area (Å²) in [5.41, 5.74) is 4.63. The maximum Gasteiger partial charge on any atom is 0.351 e. The lowest BCUT2D eigenvalue weighted by Crippen LogP contribution is -2.50. The molecule has 0 saturated heterocycles. The van der Waals surface area contributed by atoms with E-state index in [9.17, 15) is 58.5 Å². The number of amides is 7. The number of benzene rings is 2. The van der Waals surface area contributed by atoms with Crippen molar-refractivity contribution in [2.45, 2.75) is 57.0 Å². The molecule has 28 nitrogen and oxygen atoms in total. The van der Waals surface area contributed by atoms with Crippen molar-refractivity contribution in [3.05, 3.63) is 177 Å². The SMILES string of the molecule is C=C(NC(=O)C(=C)NC(=O)c1csc(-c2ccc3c([n+]2[O-])-c2csc(n2)-c2csc(n2)C(C(C)C(=O)CO)NC(=O)C(Cc2ccc(O)cc2)NC(=O)c2csc(n2)C(C(O)c2ccccc2)NC(=O)c2nc(sc2C)C(CC(N)=O)NC(=O)c2csc-3n2)n1)C(=O)O. The predicted octanol–water partition coefficient (Wildman–Crippen LogP) is 4.96. The van der Waals surface area contributed by atoms with E-state index in [0.717, 1.165) is 68.0 Å². The summed E-state index contributed by atoms with van der Waals surface area (Å²) < 4.78 is 0.480. The fourth-order valence-corrected chi connectivity index (χ4v) is 14.5. The Hall–Kier alpha value is -10.2. The number of carboxylic acids is 1. The molecule has 0 fully saturated rings. The summed E-state index contributed by atoms with van der Waals surface area (Å²) in [5.74, 6) is -9.59. The number of carbonyl (C=O) groups is 9. The van der Waals surface area contributed by atoms with Gasteiger partial charge in [0, 0.05) is 50.2 Å². The number of ketones is 1. The van der Waals surface area contributed by atoms with Crippen LogP contribution in [-0.4, -0.2) is 116 Å². The highest BCUT2D eigenvalue weighted by Crippen LogP contribution is 2.39. The Morgan fingerprint density at radius 3 is 2.01 bits per heavy atom. The first-order chi connectivity index (χ1) is 44.4. The molecule has 2 aromatic carbocycles. The first-order valence-electron chi connectivity index (χ1n) is 27.4. The molecule has 0 aliphatic carbocycles. The number of aromatic hydroxyl groups is 1. The van der Waals surface area contributed by atoms with Crippen LogP contribution >= 0.6 is 68.0 Å². The van der Waals surface area contributed by atoms with Gasteiger partial charge in [0.25, 0.3) is 40.9 Å². The number of nitrogens with zero attached hydrogens (tertiary/aromatic N) is 7. The molecule has 0 radical (unpaired) electrons. The lowest BCUT2D eigenvalue weighted by molar-refractivity contribution is -0.581. The van der Waals surface area contributed by atoms with E-state index >= 15 is 5.21 Å². The highest BCUT2D eigenvalue weighted by atomic mass is 32.1. The van der Waals surface area contributed by atoms with Crippen molar-refractivity contribution in [1.29, 1.82) is 0 Å². The number of carbonyl (C=O) groups excluding carboxylic acids is 8. The van der Waals surface area contributed by atoms with E-state index in [4.69, 9.17) is 20.8 Å². The van der Waals surface area contributed by atoms with Crippen LogP contribution < -0.4 is 42.4 Å². The van der Waals surface area contributed by atoms with Crippen LogP contribution in [0.1, 0.15) is 111 Å². The second-order valence-corrected chi connectivity index (χ2v) is 26.0. The molecule has 476 valence electrons. The molecule has 6 atom stereocenters. The number of hydrogen-bond acceptors (Lipinski definition) is 25. The number of carboxylic acid groups (broad SMARTS) is 1. The Kier molecular flexibility index (Phi) is 19.9. The van der Waals surface area contributed by atoms with E-state index < -0.39 is 114 Å². The lowest BCUT2D eigenvalue weighted by atomic mass is 9.96. The largest absolute Gasteiger partial charge is 0.618 e. The Balaban J connectivity index is 1.07. The van der Waals surface area contributed by atoms with Crippen molar-refractivity contribution in [2.75, 3.05) is 6.61 Å². The number of primary amides is 1. The van der Waals surface area contributed by atoms with Crippen molar-refractivity contribution in [3.8, 4) is 49.1 Å². The molecule has 93 heavy (non-hydrogen) atoms. The summed E-state index contributed by atoms with van der Waals surface area (Å²) in [5, 5.41) is 79.5. The quantitative estimate of drug-likeness (QED) is 0.0367. The summed E-state index contributed by atoms with van der Waals surface area (Å²) in [7, 11) is 0. The molecule has 10 rings (SSSR count). The molecular weight excluding hydrogens is 1320 g/mol. The van der Waals surface area contributed by atoms with Crippen LogP contribution in [0.3, 0.4) is 0 Å². The molecule has 10 bridgehead atoms. The molecular formula is C59H50N14O14S6. The number of pyridine rings is 1. The second-order valence-electron chi connectivity index (χ2n) is 20.5. The van der Waals surface area contributed by atoms with Gasteiger partial charge in [0.1, 0.15) is 95.4 Å². The normalized spacial score (nSPS) is 16.7. The van der Waals surface area contributed by atoms with E-state index in [-0.39, 0.29) is 93.3 Å². The third-order valence-electron chi connectivity index (χ3n) is 14.1. The predicted molar refractivity (Wildman–Crippen MR) is 341 cm³/mol. The van der Waals surface area contributed by atoms with Crippen molar-refractivity contribution < 1.29 is 68.3 Å². The first kappa shape index (κ1) is 65.7. The number of aliphatic hydroxyl groups is 2. The average Bonchev–Trinajstić information content (AvgIpc) is 1.73. The Bertz CT molecular complexity index is 4460. The summed E-state index contributed by atoms with van der Waals surface area (Å²) in [6.07, 6.45) is -2.14. The minimum atomic E-state index is -1.53. The molecule has 0 saturated carbocycles. The number of Topliss-reactive ketones (excluding diaryl/α,β-unsaturated/α-hetero) is 1. The number of aromatic nitrogens is 7. The van der Waals surface area contributed by atoms with Gasteiger partial charge in [-0.05, 0) is 36.2 Å². The van der Waals surface area contributed by atoms with Gasteiger partial charge in [-0.15, -0.1) is 68.0 Å². The summed E-state index contributed by atoms with van der Waals surface area (Å²) in [6.45, 7) is 8.82.